The highest BCUT2D eigenvalue weighted by molar-refractivity contribution is 6.23. The monoisotopic (exact) mass is 556 g/mol. The van der Waals surface area contributed by atoms with Crippen molar-refractivity contribution in [2.45, 2.75) is 0 Å². The lowest BCUT2D eigenvalue weighted by molar-refractivity contribution is 1.66. The van der Waals surface area contributed by atoms with E-state index in [2.05, 4.69) is 170 Å². The summed E-state index contributed by atoms with van der Waals surface area (Å²) in [5, 5.41) is 12.7. The number of rotatable bonds is 3. The molecule has 0 saturated heterocycles. The van der Waals surface area contributed by atoms with E-state index in [4.69, 9.17) is 0 Å². The van der Waals surface area contributed by atoms with Crippen LogP contribution in [0.2, 0.25) is 0 Å². The van der Waals surface area contributed by atoms with E-state index in [9.17, 15) is 0 Å². The zero-order valence-corrected chi connectivity index (χ0v) is 24.2. The Morgan fingerprint density at radius 3 is 1.27 bits per heavy atom. The number of fused-ring (bicyclic) bond motifs is 5. The second kappa shape index (κ2) is 9.93. The molecule has 0 aromatic heterocycles. The highest BCUT2D eigenvalue weighted by atomic mass is 14.2. The fraction of sp³-hybridized carbons (Fsp3) is 0. The molecule has 0 N–H and O–H groups in total. The molecule has 0 heteroatoms. The van der Waals surface area contributed by atoms with Crippen molar-refractivity contribution >= 4 is 53.9 Å². The van der Waals surface area contributed by atoms with Gasteiger partial charge in [0.1, 0.15) is 0 Å². The SMILES string of the molecule is c1ccc2c(-c3ccc4ccc(-c5c6ccccc6c(-c6cccc7ccccc67)c6ccccc56)cc4c3)cccc2c1. The number of benzene rings is 9. The summed E-state index contributed by atoms with van der Waals surface area (Å²) in [7, 11) is 0. The molecule has 0 aliphatic heterocycles. The Bertz CT molecular complexity index is 2480. The predicted molar refractivity (Wildman–Crippen MR) is 190 cm³/mol. The maximum absolute atomic E-state index is 2.38. The van der Waals surface area contributed by atoms with Gasteiger partial charge in [0.2, 0.25) is 0 Å². The molecule has 44 heavy (non-hydrogen) atoms. The summed E-state index contributed by atoms with van der Waals surface area (Å²) in [5.74, 6) is 0. The van der Waals surface area contributed by atoms with E-state index >= 15 is 0 Å². The van der Waals surface area contributed by atoms with Crippen LogP contribution in [0.4, 0.5) is 0 Å². The van der Waals surface area contributed by atoms with E-state index in [1.807, 2.05) is 0 Å². The molecule has 9 aromatic carbocycles. The van der Waals surface area contributed by atoms with Crippen molar-refractivity contribution in [3.05, 3.63) is 170 Å². The molecule has 0 radical (unpaired) electrons. The van der Waals surface area contributed by atoms with Gasteiger partial charge in [0.15, 0.2) is 0 Å². The lowest BCUT2D eigenvalue weighted by Crippen LogP contribution is -1.91. The molecule has 0 aliphatic rings. The van der Waals surface area contributed by atoms with Gasteiger partial charge in [-0.15, -0.1) is 0 Å². The minimum absolute atomic E-state index is 1.24. The third kappa shape index (κ3) is 3.85. The van der Waals surface area contributed by atoms with Crippen molar-refractivity contribution in [3.63, 3.8) is 0 Å². The van der Waals surface area contributed by atoms with Gasteiger partial charge in [-0.1, -0.05) is 158 Å². The average Bonchev–Trinajstić information content (AvgIpc) is 3.09. The second-order valence-electron chi connectivity index (χ2n) is 11.7. The molecule has 0 aliphatic carbocycles. The van der Waals surface area contributed by atoms with Crippen LogP contribution in [0, 0.1) is 0 Å². The third-order valence-electron chi connectivity index (χ3n) is 9.22. The molecule has 0 atom stereocenters. The molecule has 0 bridgehead atoms. The van der Waals surface area contributed by atoms with E-state index in [1.54, 1.807) is 0 Å². The molecule has 0 amide bonds. The summed E-state index contributed by atoms with van der Waals surface area (Å²) < 4.78 is 0. The first-order valence-corrected chi connectivity index (χ1v) is 15.3. The van der Waals surface area contributed by atoms with Gasteiger partial charge in [-0.25, -0.2) is 0 Å². The van der Waals surface area contributed by atoms with Crippen molar-refractivity contribution in [1.29, 1.82) is 0 Å². The fourth-order valence-corrected chi connectivity index (χ4v) is 7.22. The molecule has 0 saturated carbocycles. The van der Waals surface area contributed by atoms with Crippen molar-refractivity contribution in [3.8, 4) is 33.4 Å². The van der Waals surface area contributed by atoms with Crippen molar-refractivity contribution < 1.29 is 0 Å². The fourth-order valence-electron chi connectivity index (χ4n) is 7.22. The topological polar surface area (TPSA) is 0 Å². The molecule has 0 unspecified atom stereocenters. The summed E-state index contributed by atoms with van der Waals surface area (Å²) in [6.45, 7) is 0. The van der Waals surface area contributed by atoms with Crippen LogP contribution in [0.3, 0.4) is 0 Å². The van der Waals surface area contributed by atoms with Crippen LogP contribution in [0.15, 0.2) is 170 Å². The van der Waals surface area contributed by atoms with Gasteiger partial charge in [-0.2, -0.15) is 0 Å². The Morgan fingerprint density at radius 2 is 0.659 bits per heavy atom. The zero-order chi connectivity index (χ0) is 29.0. The highest BCUT2D eigenvalue weighted by Gasteiger charge is 2.18. The molecular formula is C44H28. The Balaban J connectivity index is 1.31. The van der Waals surface area contributed by atoms with Gasteiger partial charge in [0.05, 0.1) is 0 Å². The van der Waals surface area contributed by atoms with Crippen LogP contribution in [0.5, 0.6) is 0 Å². The van der Waals surface area contributed by atoms with Crippen LogP contribution >= 0.6 is 0 Å². The molecule has 0 spiro atoms. The van der Waals surface area contributed by atoms with Crippen LogP contribution in [0.1, 0.15) is 0 Å². The van der Waals surface area contributed by atoms with Crippen molar-refractivity contribution in [1.82, 2.24) is 0 Å². The van der Waals surface area contributed by atoms with E-state index in [0.29, 0.717) is 0 Å². The van der Waals surface area contributed by atoms with Crippen LogP contribution in [-0.4, -0.2) is 0 Å². The molecule has 204 valence electrons. The standard InChI is InChI=1S/C44H28/c1-3-15-35-30(11-1)13-9-21-37(35)32-25-23-29-24-26-33(28-34(29)27-32)43-39-17-5-7-19-41(39)44(42-20-8-6-18-40(42)43)38-22-10-14-31-12-2-4-16-36(31)38/h1-28H. The Hall–Kier alpha value is -5.72. The molecule has 0 fully saturated rings. The van der Waals surface area contributed by atoms with Crippen molar-refractivity contribution in [2.24, 2.45) is 0 Å². The second-order valence-corrected chi connectivity index (χ2v) is 11.7. The summed E-state index contributed by atoms with van der Waals surface area (Å²) >= 11 is 0. The predicted octanol–water partition coefficient (Wildman–Crippen LogP) is 12.5. The lowest BCUT2D eigenvalue weighted by atomic mass is 9.84. The molecule has 0 heterocycles. The Morgan fingerprint density at radius 1 is 0.227 bits per heavy atom. The van der Waals surface area contributed by atoms with Gasteiger partial charge in [-0.05, 0) is 99.4 Å². The maximum Gasteiger partial charge on any atom is -0.00201 e. The first-order valence-electron chi connectivity index (χ1n) is 15.3. The normalized spacial score (nSPS) is 11.6. The van der Waals surface area contributed by atoms with Crippen LogP contribution < -0.4 is 0 Å². The largest absolute Gasteiger partial charge is 0.0616 e. The van der Waals surface area contributed by atoms with Crippen LogP contribution in [0.25, 0.3) is 87.2 Å². The first kappa shape index (κ1) is 24.8. The smallest absolute Gasteiger partial charge is 0.00201 e. The minimum atomic E-state index is 1.24. The summed E-state index contributed by atoms with van der Waals surface area (Å²) in [4.78, 5) is 0. The summed E-state index contributed by atoms with van der Waals surface area (Å²) in [5.41, 5.74) is 7.62. The van der Waals surface area contributed by atoms with Gasteiger partial charge in [-0.3, -0.25) is 0 Å². The molecule has 9 aromatic rings. The van der Waals surface area contributed by atoms with Crippen molar-refractivity contribution in [2.75, 3.05) is 0 Å². The highest BCUT2D eigenvalue weighted by Crippen LogP contribution is 2.45. The van der Waals surface area contributed by atoms with E-state index in [-0.39, 0.29) is 0 Å². The minimum Gasteiger partial charge on any atom is -0.0616 e. The summed E-state index contributed by atoms with van der Waals surface area (Å²) in [6.07, 6.45) is 0. The molecular weight excluding hydrogens is 528 g/mol. The Labute approximate surface area is 256 Å². The zero-order valence-electron chi connectivity index (χ0n) is 24.2. The quantitative estimate of drug-likeness (QED) is 0.190. The van der Waals surface area contributed by atoms with E-state index in [1.165, 1.54) is 87.2 Å². The van der Waals surface area contributed by atoms with Gasteiger partial charge in [0, 0.05) is 0 Å². The third-order valence-corrected chi connectivity index (χ3v) is 9.22. The number of hydrogen-bond acceptors (Lipinski definition) is 0. The maximum atomic E-state index is 2.38. The summed E-state index contributed by atoms with van der Waals surface area (Å²) in [6, 6.07) is 62.3. The van der Waals surface area contributed by atoms with Gasteiger partial charge in [0.25, 0.3) is 0 Å². The van der Waals surface area contributed by atoms with Crippen LogP contribution in [-0.2, 0) is 0 Å². The number of hydrogen-bond donors (Lipinski definition) is 0. The lowest BCUT2D eigenvalue weighted by Gasteiger charge is -2.19. The van der Waals surface area contributed by atoms with Gasteiger partial charge < -0.3 is 0 Å². The average molecular weight is 557 g/mol. The van der Waals surface area contributed by atoms with E-state index in [0.717, 1.165) is 0 Å². The first-order chi connectivity index (χ1) is 21.8. The Kier molecular flexibility index (Phi) is 5.61. The van der Waals surface area contributed by atoms with Gasteiger partial charge >= 0.3 is 0 Å². The molecule has 9 rings (SSSR count). The van der Waals surface area contributed by atoms with E-state index < -0.39 is 0 Å². The molecule has 0 nitrogen and oxygen atoms in total.